The standard InChI is InChI=1S/C10H11F4N/c1-2-9(15)6-3-4-7(8(11)5-6)10(12,13)14/h3-5,9H,2,15H2,1H3. The van der Waals surface area contributed by atoms with Crippen LogP contribution in [0.15, 0.2) is 18.2 Å². The third kappa shape index (κ3) is 2.68. The fourth-order valence-corrected chi connectivity index (χ4v) is 1.23. The number of halogens is 4. The van der Waals surface area contributed by atoms with E-state index in [1.54, 1.807) is 6.92 Å². The van der Waals surface area contributed by atoms with Crippen molar-refractivity contribution in [3.05, 3.63) is 35.1 Å². The summed E-state index contributed by atoms with van der Waals surface area (Å²) in [4.78, 5) is 0. The first kappa shape index (κ1) is 12.0. The van der Waals surface area contributed by atoms with Crippen molar-refractivity contribution in [1.82, 2.24) is 0 Å². The smallest absolute Gasteiger partial charge is 0.324 e. The van der Waals surface area contributed by atoms with Gasteiger partial charge in [-0.1, -0.05) is 13.0 Å². The molecule has 2 N–H and O–H groups in total. The molecule has 0 saturated carbocycles. The molecule has 1 rings (SSSR count). The minimum Gasteiger partial charge on any atom is -0.324 e. The van der Waals surface area contributed by atoms with E-state index in [1.165, 1.54) is 6.07 Å². The van der Waals surface area contributed by atoms with Crippen molar-refractivity contribution in [2.24, 2.45) is 5.73 Å². The highest BCUT2D eigenvalue weighted by Crippen LogP contribution is 2.32. The van der Waals surface area contributed by atoms with Gasteiger partial charge in [-0.3, -0.25) is 0 Å². The van der Waals surface area contributed by atoms with E-state index >= 15 is 0 Å². The number of hydrogen-bond donors (Lipinski definition) is 1. The number of nitrogens with two attached hydrogens (primary N) is 1. The Bertz CT molecular complexity index is 346. The Labute approximate surface area is 84.9 Å². The predicted molar refractivity (Wildman–Crippen MR) is 48.6 cm³/mol. The van der Waals surface area contributed by atoms with E-state index in [0.717, 1.165) is 12.1 Å². The molecular formula is C10H11F4N. The van der Waals surface area contributed by atoms with Gasteiger partial charge in [0.25, 0.3) is 0 Å². The largest absolute Gasteiger partial charge is 0.419 e. The molecule has 1 unspecified atom stereocenters. The van der Waals surface area contributed by atoms with Gasteiger partial charge < -0.3 is 5.73 Å². The summed E-state index contributed by atoms with van der Waals surface area (Å²) in [6.07, 6.45) is -4.11. The lowest BCUT2D eigenvalue weighted by Gasteiger charge is -2.12. The molecule has 0 heterocycles. The zero-order valence-electron chi connectivity index (χ0n) is 8.11. The Morgan fingerprint density at radius 1 is 1.33 bits per heavy atom. The SMILES string of the molecule is CCC(N)c1ccc(C(F)(F)F)c(F)c1. The van der Waals surface area contributed by atoms with Crippen LogP contribution < -0.4 is 5.73 Å². The maximum absolute atomic E-state index is 13.1. The molecule has 0 fully saturated rings. The number of rotatable bonds is 2. The van der Waals surface area contributed by atoms with Crippen LogP contribution in [-0.4, -0.2) is 0 Å². The molecule has 0 spiro atoms. The summed E-state index contributed by atoms with van der Waals surface area (Å²) < 4.78 is 49.6. The zero-order valence-corrected chi connectivity index (χ0v) is 8.11. The molecule has 1 nitrogen and oxygen atoms in total. The van der Waals surface area contributed by atoms with Crippen LogP contribution in [0.2, 0.25) is 0 Å². The van der Waals surface area contributed by atoms with E-state index in [-0.39, 0.29) is 0 Å². The van der Waals surface area contributed by atoms with E-state index in [1.807, 2.05) is 0 Å². The second-order valence-corrected chi connectivity index (χ2v) is 3.25. The maximum Gasteiger partial charge on any atom is 0.419 e. The van der Waals surface area contributed by atoms with Crippen molar-refractivity contribution in [2.45, 2.75) is 25.6 Å². The fraction of sp³-hybridized carbons (Fsp3) is 0.400. The summed E-state index contributed by atoms with van der Waals surface area (Å²) >= 11 is 0. The summed E-state index contributed by atoms with van der Waals surface area (Å²) in [5, 5.41) is 0. The molecule has 0 aliphatic carbocycles. The molecule has 0 saturated heterocycles. The van der Waals surface area contributed by atoms with Crippen LogP contribution >= 0.6 is 0 Å². The van der Waals surface area contributed by atoms with Gasteiger partial charge >= 0.3 is 6.18 Å². The molecule has 5 heteroatoms. The number of alkyl halides is 3. The van der Waals surface area contributed by atoms with Crippen LogP contribution in [0.1, 0.15) is 30.5 Å². The summed E-state index contributed by atoms with van der Waals surface area (Å²) in [5.74, 6) is -1.27. The average molecular weight is 221 g/mol. The Kier molecular flexibility index (Phi) is 3.34. The van der Waals surface area contributed by atoms with E-state index in [4.69, 9.17) is 5.73 Å². The van der Waals surface area contributed by atoms with Gasteiger partial charge in [-0.05, 0) is 24.1 Å². The highest BCUT2D eigenvalue weighted by atomic mass is 19.4. The third-order valence-electron chi connectivity index (χ3n) is 2.17. The van der Waals surface area contributed by atoms with Gasteiger partial charge in [0.2, 0.25) is 0 Å². The van der Waals surface area contributed by atoms with E-state index < -0.39 is 23.6 Å². The molecule has 0 radical (unpaired) electrons. The lowest BCUT2D eigenvalue weighted by atomic mass is 10.0. The van der Waals surface area contributed by atoms with Crippen LogP contribution in [0.5, 0.6) is 0 Å². The minimum atomic E-state index is -4.65. The molecule has 0 aromatic heterocycles. The van der Waals surface area contributed by atoms with Gasteiger partial charge in [0.1, 0.15) is 5.82 Å². The van der Waals surface area contributed by atoms with Crippen LogP contribution in [0.3, 0.4) is 0 Å². The predicted octanol–water partition coefficient (Wildman–Crippen LogP) is 3.25. The molecule has 0 aliphatic rings. The highest BCUT2D eigenvalue weighted by Gasteiger charge is 2.34. The zero-order chi connectivity index (χ0) is 11.6. The molecule has 0 bridgehead atoms. The van der Waals surface area contributed by atoms with Crippen molar-refractivity contribution in [3.8, 4) is 0 Å². The summed E-state index contributed by atoms with van der Waals surface area (Å²) in [5.41, 5.74) is 4.70. The van der Waals surface area contributed by atoms with Crippen molar-refractivity contribution >= 4 is 0 Å². The van der Waals surface area contributed by atoms with Gasteiger partial charge in [-0.15, -0.1) is 0 Å². The van der Waals surface area contributed by atoms with Crippen LogP contribution in [0, 0.1) is 5.82 Å². The molecule has 1 aromatic carbocycles. The monoisotopic (exact) mass is 221 g/mol. The number of benzene rings is 1. The Balaban J connectivity index is 3.09. The van der Waals surface area contributed by atoms with Gasteiger partial charge in [0, 0.05) is 6.04 Å². The van der Waals surface area contributed by atoms with Crippen LogP contribution in [0.25, 0.3) is 0 Å². The van der Waals surface area contributed by atoms with Gasteiger partial charge in [-0.25, -0.2) is 4.39 Å². The Morgan fingerprint density at radius 3 is 2.33 bits per heavy atom. The molecule has 84 valence electrons. The van der Waals surface area contributed by atoms with Crippen molar-refractivity contribution < 1.29 is 17.6 Å². The van der Waals surface area contributed by atoms with Crippen LogP contribution in [0.4, 0.5) is 17.6 Å². The van der Waals surface area contributed by atoms with E-state index in [9.17, 15) is 17.6 Å². The van der Waals surface area contributed by atoms with Crippen molar-refractivity contribution in [3.63, 3.8) is 0 Å². The quantitative estimate of drug-likeness (QED) is 0.762. The number of hydrogen-bond acceptors (Lipinski definition) is 1. The molecule has 15 heavy (non-hydrogen) atoms. The minimum absolute atomic E-state index is 0.378. The van der Waals surface area contributed by atoms with Crippen molar-refractivity contribution in [2.75, 3.05) is 0 Å². The van der Waals surface area contributed by atoms with Crippen LogP contribution in [-0.2, 0) is 6.18 Å². The first-order valence-corrected chi connectivity index (χ1v) is 4.48. The topological polar surface area (TPSA) is 26.0 Å². The second kappa shape index (κ2) is 4.18. The lowest BCUT2D eigenvalue weighted by Crippen LogP contribution is -2.12. The second-order valence-electron chi connectivity index (χ2n) is 3.25. The Morgan fingerprint density at radius 2 is 1.93 bits per heavy atom. The molecule has 1 aromatic rings. The van der Waals surface area contributed by atoms with Gasteiger partial charge in [0.05, 0.1) is 5.56 Å². The highest BCUT2D eigenvalue weighted by molar-refractivity contribution is 5.28. The lowest BCUT2D eigenvalue weighted by molar-refractivity contribution is -0.140. The first-order chi connectivity index (χ1) is 6.86. The first-order valence-electron chi connectivity index (χ1n) is 4.48. The fourth-order valence-electron chi connectivity index (χ4n) is 1.23. The Hall–Kier alpha value is -1.10. The van der Waals surface area contributed by atoms with Gasteiger partial charge in [0.15, 0.2) is 0 Å². The molecular weight excluding hydrogens is 210 g/mol. The molecule has 1 atom stereocenters. The average Bonchev–Trinajstić information content (AvgIpc) is 2.14. The molecule has 0 amide bonds. The summed E-state index contributed by atoms with van der Waals surface area (Å²) in [6.45, 7) is 1.78. The summed E-state index contributed by atoms with van der Waals surface area (Å²) in [7, 11) is 0. The van der Waals surface area contributed by atoms with Crippen molar-refractivity contribution in [1.29, 1.82) is 0 Å². The molecule has 0 aliphatic heterocycles. The van der Waals surface area contributed by atoms with E-state index in [0.29, 0.717) is 12.0 Å². The maximum atomic E-state index is 13.1. The third-order valence-corrected chi connectivity index (χ3v) is 2.17. The summed E-state index contributed by atoms with van der Waals surface area (Å²) in [6, 6.07) is 2.35. The normalized spacial score (nSPS) is 14.0. The van der Waals surface area contributed by atoms with E-state index in [2.05, 4.69) is 0 Å². The van der Waals surface area contributed by atoms with Gasteiger partial charge in [-0.2, -0.15) is 13.2 Å².